The van der Waals surface area contributed by atoms with E-state index in [4.69, 9.17) is 5.53 Å². The van der Waals surface area contributed by atoms with Crippen molar-refractivity contribution in [3.63, 3.8) is 0 Å². The summed E-state index contributed by atoms with van der Waals surface area (Å²) in [6, 6.07) is 0. The van der Waals surface area contributed by atoms with Gasteiger partial charge in [-0.05, 0) is 97.8 Å². The van der Waals surface area contributed by atoms with Gasteiger partial charge >= 0.3 is 0 Å². The summed E-state index contributed by atoms with van der Waals surface area (Å²) in [4.78, 5) is 15.4. The third-order valence-corrected chi connectivity index (χ3v) is 9.32. The molecule has 0 aliphatic heterocycles. The van der Waals surface area contributed by atoms with Gasteiger partial charge in [-0.15, -0.1) is 0 Å². The number of nitrogens with zero attached hydrogens (tertiary/aromatic N) is 3. The van der Waals surface area contributed by atoms with Gasteiger partial charge in [-0.2, -0.15) is 0 Å². The predicted molar refractivity (Wildman–Crippen MR) is 100 cm³/mol. The van der Waals surface area contributed by atoms with E-state index < -0.39 is 0 Å². The van der Waals surface area contributed by atoms with Gasteiger partial charge in [0.15, 0.2) is 0 Å². The molecule has 4 aliphatic rings. The third-order valence-electron chi connectivity index (χ3n) is 9.32. The number of rotatable bonds is 3. The van der Waals surface area contributed by atoms with Crippen LogP contribution in [-0.2, 0) is 4.79 Å². The van der Waals surface area contributed by atoms with Gasteiger partial charge in [-0.25, -0.2) is 0 Å². The van der Waals surface area contributed by atoms with Gasteiger partial charge in [-0.1, -0.05) is 19.0 Å². The largest absolute Gasteiger partial charge is 0.393 e. The van der Waals surface area contributed by atoms with E-state index in [1.165, 1.54) is 25.7 Å². The van der Waals surface area contributed by atoms with Gasteiger partial charge in [0.2, 0.25) is 0 Å². The number of fused-ring (bicyclic) bond motifs is 5. The molecule has 0 bridgehead atoms. The maximum Gasteiger partial charge on any atom is 0.142 e. The lowest BCUT2D eigenvalue weighted by Crippen LogP contribution is -2.54. The van der Waals surface area contributed by atoms with Crippen LogP contribution in [0.2, 0.25) is 0 Å². The zero-order valence-electron chi connectivity index (χ0n) is 16.2. The molecule has 144 valence electrons. The number of hydrogen-bond acceptors (Lipinski definition) is 3. The van der Waals surface area contributed by atoms with E-state index in [-0.39, 0.29) is 29.8 Å². The van der Waals surface area contributed by atoms with Crippen molar-refractivity contribution in [2.75, 3.05) is 6.54 Å². The Morgan fingerprint density at radius 1 is 1.08 bits per heavy atom. The lowest BCUT2D eigenvalue weighted by atomic mass is 9.44. The Kier molecular flexibility index (Phi) is 4.60. The number of aliphatic hydroxyl groups excluding tert-OH is 1. The number of hydrogen-bond donors (Lipinski definition) is 1. The summed E-state index contributed by atoms with van der Waals surface area (Å²) in [6.45, 7) is 4.87. The van der Waals surface area contributed by atoms with Crippen LogP contribution in [0.4, 0.5) is 0 Å². The molecule has 0 spiro atoms. The molecule has 0 saturated heterocycles. The highest BCUT2D eigenvalue weighted by molar-refractivity contribution is 5.84. The topological polar surface area (TPSA) is 86.1 Å². The number of carbonyl (C=O) groups is 1. The van der Waals surface area contributed by atoms with Crippen LogP contribution in [0.25, 0.3) is 10.4 Å². The Hall–Kier alpha value is -1.06. The molecule has 26 heavy (non-hydrogen) atoms. The standard InChI is InChI=1S/C21H33N3O2/c1-20-9-7-14(25)11-13(20)3-4-15-16-5-6-18(19(26)12-23-24-22)21(16,2)10-8-17(15)20/h13-18,25H,3-12H2,1-2H3/t13-,14+,15-,16-,17-,18+,20-,21-/m0/s1. The van der Waals surface area contributed by atoms with Gasteiger partial charge in [0.05, 0.1) is 12.6 Å². The molecule has 0 radical (unpaired) electrons. The number of azide groups is 1. The van der Waals surface area contributed by atoms with Crippen LogP contribution in [0, 0.1) is 40.4 Å². The average molecular weight is 360 g/mol. The van der Waals surface area contributed by atoms with Gasteiger partial charge in [0.1, 0.15) is 5.78 Å². The summed E-state index contributed by atoms with van der Waals surface area (Å²) in [6.07, 6.45) is 10.1. The van der Waals surface area contributed by atoms with Gasteiger partial charge in [0, 0.05) is 10.8 Å². The molecular weight excluding hydrogens is 326 g/mol. The first-order chi connectivity index (χ1) is 12.4. The zero-order valence-corrected chi connectivity index (χ0v) is 16.2. The number of aliphatic hydroxyl groups is 1. The Morgan fingerprint density at radius 2 is 1.81 bits per heavy atom. The smallest absolute Gasteiger partial charge is 0.142 e. The molecular formula is C21H33N3O2. The van der Waals surface area contributed by atoms with Crippen LogP contribution < -0.4 is 0 Å². The molecule has 0 aromatic heterocycles. The highest BCUT2D eigenvalue weighted by Gasteiger charge is 2.60. The maximum atomic E-state index is 12.7. The first-order valence-corrected chi connectivity index (χ1v) is 10.6. The van der Waals surface area contributed by atoms with Gasteiger partial charge in [-0.3, -0.25) is 4.79 Å². The van der Waals surface area contributed by atoms with Crippen molar-refractivity contribution in [3.8, 4) is 0 Å². The summed E-state index contributed by atoms with van der Waals surface area (Å²) in [5.74, 6) is 3.07. The minimum Gasteiger partial charge on any atom is -0.393 e. The fourth-order valence-electron chi connectivity index (χ4n) is 7.98. The Balaban J connectivity index is 1.56. The Bertz CT molecular complexity index is 631. The quantitative estimate of drug-likeness (QED) is 0.442. The molecule has 0 aromatic carbocycles. The average Bonchev–Trinajstić information content (AvgIpc) is 2.97. The molecule has 5 nitrogen and oxygen atoms in total. The van der Waals surface area contributed by atoms with Crippen molar-refractivity contribution < 1.29 is 9.90 Å². The second-order valence-corrected chi connectivity index (χ2v) is 10.1. The normalized spacial score (nSPS) is 50.1. The molecule has 0 heterocycles. The minimum absolute atomic E-state index is 0.0231. The van der Waals surface area contributed by atoms with Crippen molar-refractivity contribution in [2.24, 2.45) is 45.5 Å². The van der Waals surface area contributed by atoms with Crippen molar-refractivity contribution in [1.29, 1.82) is 0 Å². The number of Topliss-reactive ketones (excluding diaryl/α,β-unsaturated/α-hetero) is 1. The second-order valence-electron chi connectivity index (χ2n) is 10.1. The van der Waals surface area contributed by atoms with Crippen LogP contribution in [0.5, 0.6) is 0 Å². The fraction of sp³-hybridized carbons (Fsp3) is 0.952. The summed E-state index contributed by atoms with van der Waals surface area (Å²) >= 11 is 0. The first kappa shape index (κ1) is 18.3. The number of carbonyl (C=O) groups excluding carboxylic acids is 1. The van der Waals surface area contributed by atoms with Gasteiger partial charge < -0.3 is 5.11 Å². The Morgan fingerprint density at radius 3 is 2.58 bits per heavy atom. The van der Waals surface area contributed by atoms with E-state index in [0.717, 1.165) is 43.9 Å². The molecule has 0 amide bonds. The minimum atomic E-state index is -0.0901. The highest BCUT2D eigenvalue weighted by atomic mass is 16.3. The lowest BCUT2D eigenvalue weighted by Gasteiger charge is -2.60. The molecule has 1 N–H and O–H groups in total. The molecule has 5 heteroatoms. The molecule has 0 aromatic rings. The van der Waals surface area contributed by atoms with Crippen LogP contribution in [0.15, 0.2) is 5.11 Å². The van der Waals surface area contributed by atoms with E-state index >= 15 is 0 Å². The van der Waals surface area contributed by atoms with Crippen LogP contribution in [-0.4, -0.2) is 23.5 Å². The van der Waals surface area contributed by atoms with E-state index in [0.29, 0.717) is 17.3 Å². The van der Waals surface area contributed by atoms with Crippen molar-refractivity contribution in [1.82, 2.24) is 0 Å². The van der Waals surface area contributed by atoms with Crippen molar-refractivity contribution in [2.45, 2.75) is 77.7 Å². The number of ketones is 1. The van der Waals surface area contributed by atoms with Gasteiger partial charge in [0.25, 0.3) is 0 Å². The van der Waals surface area contributed by atoms with E-state index in [9.17, 15) is 9.90 Å². The van der Waals surface area contributed by atoms with Crippen LogP contribution in [0.1, 0.15) is 71.6 Å². The maximum absolute atomic E-state index is 12.7. The van der Waals surface area contributed by atoms with E-state index in [1.807, 2.05) is 0 Å². The summed E-state index contributed by atoms with van der Waals surface area (Å²) in [5, 5.41) is 13.7. The SMILES string of the molecule is C[C@]12CC[C@@H](O)C[C@@H]1CC[C@@H]1[C@@H]2CC[C@]2(C)[C@@H](C(=O)CN=[N+]=[N-])CC[C@@H]12. The fourth-order valence-corrected chi connectivity index (χ4v) is 7.98. The van der Waals surface area contributed by atoms with Crippen molar-refractivity contribution >= 4 is 5.78 Å². The highest BCUT2D eigenvalue weighted by Crippen LogP contribution is 2.67. The Labute approximate surface area is 156 Å². The summed E-state index contributed by atoms with van der Waals surface area (Å²) in [5.41, 5.74) is 9.04. The van der Waals surface area contributed by atoms with Crippen LogP contribution >= 0.6 is 0 Å². The molecule has 4 aliphatic carbocycles. The van der Waals surface area contributed by atoms with Crippen LogP contribution in [0.3, 0.4) is 0 Å². The first-order valence-electron chi connectivity index (χ1n) is 10.6. The molecule has 4 rings (SSSR count). The molecule has 0 unspecified atom stereocenters. The zero-order chi connectivity index (χ0) is 18.5. The molecule has 4 fully saturated rings. The third kappa shape index (κ3) is 2.62. The summed E-state index contributed by atoms with van der Waals surface area (Å²) < 4.78 is 0. The van der Waals surface area contributed by atoms with Crippen molar-refractivity contribution in [3.05, 3.63) is 10.4 Å². The molecule has 4 saturated carbocycles. The molecule has 8 atom stereocenters. The monoisotopic (exact) mass is 359 g/mol. The summed E-state index contributed by atoms with van der Waals surface area (Å²) in [7, 11) is 0. The second kappa shape index (κ2) is 6.53. The predicted octanol–water partition coefficient (Wildman–Crippen LogP) is 4.89. The van der Waals surface area contributed by atoms with E-state index in [1.54, 1.807) is 0 Å². The lowest BCUT2D eigenvalue weighted by molar-refractivity contribution is -0.138. The van der Waals surface area contributed by atoms with E-state index in [2.05, 4.69) is 23.9 Å².